The zero-order chi connectivity index (χ0) is 16.3. The van der Waals surface area contributed by atoms with Gasteiger partial charge in [-0.1, -0.05) is 11.6 Å². The number of pyridine rings is 2. The standard InChI is InChI=1S/C13H10ClF3N4O/c14-11-3-10(9(6-21-11)13(15,16)17)20-5-7-4-19-2-1-8(7)12(18)22/h1-4,6H,5H2,(H2,18,22)(H,20,21). The van der Waals surface area contributed by atoms with Gasteiger partial charge in [0.2, 0.25) is 5.91 Å². The van der Waals surface area contributed by atoms with E-state index in [1.165, 1.54) is 18.5 Å². The summed E-state index contributed by atoms with van der Waals surface area (Å²) in [6.07, 6.45) is -1.22. The minimum atomic E-state index is -4.58. The van der Waals surface area contributed by atoms with Gasteiger partial charge in [0, 0.05) is 36.3 Å². The fourth-order valence-corrected chi connectivity index (χ4v) is 1.96. The molecule has 2 rings (SSSR count). The Morgan fingerprint density at radius 2 is 2.09 bits per heavy atom. The first kappa shape index (κ1) is 16.0. The number of nitrogens with two attached hydrogens (primary N) is 1. The molecule has 0 fully saturated rings. The summed E-state index contributed by atoms with van der Waals surface area (Å²) in [6.45, 7) is -0.0739. The summed E-state index contributed by atoms with van der Waals surface area (Å²) in [6, 6.07) is 2.45. The van der Waals surface area contributed by atoms with Gasteiger partial charge in [0.25, 0.3) is 0 Å². The molecule has 2 aromatic heterocycles. The average molecular weight is 331 g/mol. The molecule has 0 atom stereocenters. The summed E-state index contributed by atoms with van der Waals surface area (Å²) in [5.41, 5.74) is 4.55. The number of rotatable bonds is 4. The number of hydrogen-bond donors (Lipinski definition) is 2. The van der Waals surface area contributed by atoms with E-state index in [2.05, 4.69) is 15.3 Å². The second-order valence-corrected chi connectivity index (χ2v) is 4.69. The Bertz CT molecular complexity index is 706. The van der Waals surface area contributed by atoms with Crippen LogP contribution >= 0.6 is 11.6 Å². The number of carbonyl (C=O) groups excluding carboxylic acids is 1. The van der Waals surface area contributed by atoms with Crippen molar-refractivity contribution in [3.8, 4) is 0 Å². The third-order valence-corrected chi connectivity index (χ3v) is 3.02. The highest BCUT2D eigenvalue weighted by atomic mass is 35.5. The van der Waals surface area contributed by atoms with Crippen molar-refractivity contribution >= 4 is 23.2 Å². The molecule has 0 aromatic carbocycles. The predicted molar refractivity (Wildman–Crippen MR) is 74.3 cm³/mol. The lowest BCUT2D eigenvalue weighted by molar-refractivity contribution is -0.137. The number of amides is 1. The van der Waals surface area contributed by atoms with E-state index in [4.69, 9.17) is 17.3 Å². The van der Waals surface area contributed by atoms with Crippen LogP contribution in [0.25, 0.3) is 0 Å². The molecule has 2 aromatic rings. The fraction of sp³-hybridized carbons (Fsp3) is 0.154. The molecule has 3 N–H and O–H groups in total. The summed E-state index contributed by atoms with van der Waals surface area (Å²) >= 11 is 5.63. The van der Waals surface area contributed by atoms with Crippen molar-refractivity contribution in [2.75, 3.05) is 5.32 Å². The third kappa shape index (κ3) is 3.64. The second kappa shape index (κ2) is 6.18. The van der Waals surface area contributed by atoms with Gasteiger partial charge in [0.15, 0.2) is 0 Å². The Labute approximate surface area is 128 Å². The van der Waals surface area contributed by atoms with Crippen molar-refractivity contribution in [3.05, 3.63) is 52.6 Å². The van der Waals surface area contributed by atoms with E-state index in [0.29, 0.717) is 11.8 Å². The van der Waals surface area contributed by atoms with Crippen LogP contribution in [-0.4, -0.2) is 15.9 Å². The lowest BCUT2D eigenvalue weighted by Gasteiger charge is -2.15. The quantitative estimate of drug-likeness (QED) is 0.845. The van der Waals surface area contributed by atoms with Crippen molar-refractivity contribution < 1.29 is 18.0 Å². The number of primary amides is 1. The van der Waals surface area contributed by atoms with Gasteiger partial charge in [0.1, 0.15) is 5.15 Å². The molecule has 22 heavy (non-hydrogen) atoms. The average Bonchev–Trinajstić information content (AvgIpc) is 2.44. The SMILES string of the molecule is NC(=O)c1ccncc1CNc1cc(Cl)ncc1C(F)(F)F. The first-order valence-corrected chi connectivity index (χ1v) is 6.36. The van der Waals surface area contributed by atoms with Gasteiger partial charge < -0.3 is 11.1 Å². The van der Waals surface area contributed by atoms with Crippen LogP contribution in [0.15, 0.2) is 30.7 Å². The van der Waals surface area contributed by atoms with Crippen LogP contribution in [0.1, 0.15) is 21.5 Å². The van der Waals surface area contributed by atoms with Gasteiger partial charge in [-0.2, -0.15) is 13.2 Å². The Balaban J connectivity index is 2.29. The maximum absolute atomic E-state index is 12.9. The minimum Gasteiger partial charge on any atom is -0.380 e. The van der Waals surface area contributed by atoms with E-state index >= 15 is 0 Å². The fourth-order valence-electron chi connectivity index (χ4n) is 1.80. The first-order chi connectivity index (χ1) is 10.3. The summed E-state index contributed by atoms with van der Waals surface area (Å²) in [5, 5.41) is 2.49. The van der Waals surface area contributed by atoms with E-state index in [1.807, 2.05) is 0 Å². The van der Waals surface area contributed by atoms with Gasteiger partial charge in [0.05, 0.1) is 11.3 Å². The lowest BCUT2D eigenvalue weighted by atomic mass is 10.1. The molecule has 0 radical (unpaired) electrons. The zero-order valence-corrected chi connectivity index (χ0v) is 11.7. The summed E-state index contributed by atoms with van der Waals surface area (Å²) in [7, 11) is 0. The highest BCUT2D eigenvalue weighted by Gasteiger charge is 2.34. The molecule has 0 unspecified atom stereocenters. The molecule has 5 nitrogen and oxygen atoms in total. The topological polar surface area (TPSA) is 80.9 Å². The maximum atomic E-state index is 12.9. The van der Waals surface area contributed by atoms with E-state index < -0.39 is 17.6 Å². The molecule has 2 heterocycles. The normalized spacial score (nSPS) is 11.3. The molecule has 1 amide bonds. The molecule has 0 bridgehead atoms. The Kier molecular flexibility index (Phi) is 4.51. The number of aromatic nitrogens is 2. The van der Waals surface area contributed by atoms with Gasteiger partial charge >= 0.3 is 6.18 Å². The van der Waals surface area contributed by atoms with Crippen molar-refractivity contribution in [2.24, 2.45) is 5.73 Å². The third-order valence-electron chi connectivity index (χ3n) is 2.81. The van der Waals surface area contributed by atoms with Gasteiger partial charge in [-0.25, -0.2) is 4.98 Å². The number of nitrogens with one attached hydrogen (secondary N) is 1. The number of anilines is 1. The molecule has 9 heteroatoms. The predicted octanol–water partition coefficient (Wildman–Crippen LogP) is 2.86. The summed E-state index contributed by atoms with van der Waals surface area (Å²) in [5.74, 6) is -0.692. The maximum Gasteiger partial charge on any atom is 0.419 e. The van der Waals surface area contributed by atoms with E-state index in [1.54, 1.807) is 0 Å². The molecule has 116 valence electrons. The van der Waals surface area contributed by atoms with Crippen LogP contribution in [0.3, 0.4) is 0 Å². The van der Waals surface area contributed by atoms with Crippen LogP contribution in [0.2, 0.25) is 5.15 Å². The van der Waals surface area contributed by atoms with Gasteiger partial charge in [-0.3, -0.25) is 9.78 Å². The molecular formula is C13H10ClF3N4O. The highest BCUT2D eigenvalue weighted by Crippen LogP contribution is 2.35. The number of alkyl halides is 3. The number of halogens is 4. The van der Waals surface area contributed by atoms with Crippen molar-refractivity contribution in [2.45, 2.75) is 12.7 Å². The van der Waals surface area contributed by atoms with E-state index in [-0.39, 0.29) is 22.9 Å². The monoisotopic (exact) mass is 330 g/mol. The molecule has 0 aliphatic heterocycles. The lowest BCUT2D eigenvalue weighted by Crippen LogP contribution is -2.16. The Morgan fingerprint density at radius 3 is 2.73 bits per heavy atom. The minimum absolute atomic E-state index is 0.0739. The number of carbonyl (C=O) groups is 1. The number of hydrogen-bond acceptors (Lipinski definition) is 4. The zero-order valence-electron chi connectivity index (χ0n) is 11.0. The molecule has 0 saturated heterocycles. The van der Waals surface area contributed by atoms with Crippen LogP contribution < -0.4 is 11.1 Å². The van der Waals surface area contributed by atoms with Gasteiger partial charge in [-0.15, -0.1) is 0 Å². The molecule has 0 aliphatic rings. The van der Waals surface area contributed by atoms with Crippen LogP contribution in [0, 0.1) is 0 Å². The molecule has 0 spiro atoms. The molecule has 0 aliphatic carbocycles. The Morgan fingerprint density at radius 1 is 1.36 bits per heavy atom. The van der Waals surface area contributed by atoms with E-state index in [9.17, 15) is 18.0 Å². The second-order valence-electron chi connectivity index (χ2n) is 4.30. The molecular weight excluding hydrogens is 321 g/mol. The Hall–Kier alpha value is -2.35. The van der Waals surface area contributed by atoms with Crippen LogP contribution in [0.4, 0.5) is 18.9 Å². The first-order valence-electron chi connectivity index (χ1n) is 5.98. The van der Waals surface area contributed by atoms with Gasteiger partial charge in [-0.05, 0) is 12.1 Å². The summed E-state index contributed by atoms with van der Waals surface area (Å²) in [4.78, 5) is 18.5. The van der Waals surface area contributed by atoms with E-state index in [0.717, 1.165) is 6.07 Å². The van der Waals surface area contributed by atoms with Crippen LogP contribution in [0.5, 0.6) is 0 Å². The largest absolute Gasteiger partial charge is 0.419 e. The molecule has 0 saturated carbocycles. The van der Waals surface area contributed by atoms with Crippen molar-refractivity contribution in [1.82, 2.24) is 9.97 Å². The number of nitrogens with zero attached hydrogens (tertiary/aromatic N) is 2. The van der Waals surface area contributed by atoms with Crippen molar-refractivity contribution in [1.29, 1.82) is 0 Å². The smallest absolute Gasteiger partial charge is 0.380 e. The summed E-state index contributed by atoms with van der Waals surface area (Å²) < 4.78 is 38.7. The van der Waals surface area contributed by atoms with Crippen molar-refractivity contribution in [3.63, 3.8) is 0 Å². The van der Waals surface area contributed by atoms with Crippen LogP contribution in [-0.2, 0) is 12.7 Å². The highest BCUT2D eigenvalue weighted by molar-refractivity contribution is 6.29.